The van der Waals surface area contributed by atoms with Crippen molar-refractivity contribution in [1.82, 2.24) is 14.5 Å². The molecule has 0 spiro atoms. The molecule has 6 heteroatoms. The summed E-state index contributed by atoms with van der Waals surface area (Å²) in [4.78, 5) is 32.5. The molecule has 23 heavy (non-hydrogen) atoms. The van der Waals surface area contributed by atoms with Crippen LogP contribution in [0.25, 0.3) is 15.9 Å². The van der Waals surface area contributed by atoms with Crippen LogP contribution < -0.4 is 11.2 Å². The second-order valence-corrected chi connectivity index (χ2v) is 6.84. The summed E-state index contributed by atoms with van der Waals surface area (Å²) in [5.41, 5.74) is 1.10. The number of rotatable bonds is 2. The lowest BCUT2D eigenvalue weighted by Gasteiger charge is -2.25. The van der Waals surface area contributed by atoms with Gasteiger partial charge in [-0.2, -0.15) is 0 Å². The number of aromatic amines is 1. The zero-order valence-electron chi connectivity index (χ0n) is 12.8. The van der Waals surface area contributed by atoms with Crippen LogP contribution in [-0.4, -0.2) is 27.5 Å². The van der Waals surface area contributed by atoms with Gasteiger partial charge >= 0.3 is 5.69 Å². The summed E-state index contributed by atoms with van der Waals surface area (Å²) in [6, 6.07) is 9.08. The molecule has 118 valence electrons. The van der Waals surface area contributed by atoms with E-state index in [0.29, 0.717) is 15.9 Å². The predicted octanol–water partition coefficient (Wildman–Crippen LogP) is 2.12. The van der Waals surface area contributed by atoms with Gasteiger partial charge in [-0.3, -0.25) is 14.7 Å². The fraction of sp³-hybridized carbons (Fsp3) is 0.294. The summed E-state index contributed by atoms with van der Waals surface area (Å²) >= 11 is 1.55. The molecule has 0 bridgehead atoms. The predicted molar refractivity (Wildman–Crippen MR) is 92.7 cm³/mol. The van der Waals surface area contributed by atoms with Crippen molar-refractivity contribution in [2.75, 3.05) is 13.1 Å². The molecule has 0 fully saturated rings. The number of thiophene rings is 1. The van der Waals surface area contributed by atoms with Crippen molar-refractivity contribution >= 4 is 21.6 Å². The van der Waals surface area contributed by atoms with Gasteiger partial charge in [-0.1, -0.05) is 25.1 Å². The monoisotopic (exact) mass is 327 g/mol. The van der Waals surface area contributed by atoms with Crippen LogP contribution in [0, 0.1) is 0 Å². The molecular weight excluding hydrogens is 310 g/mol. The lowest BCUT2D eigenvalue weighted by atomic mass is 10.1. The number of likely N-dealkylation sites (N-methyl/N-ethyl adjacent to an activating group) is 1. The number of fused-ring (bicyclic) bond motifs is 3. The number of aromatic nitrogens is 2. The number of H-pyrrole nitrogens is 1. The van der Waals surface area contributed by atoms with Crippen molar-refractivity contribution in [1.29, 1.82) is 0 Å². The quantitative estimate of drug-likeness (QED) is 0.784. The van der Waals surface area contributed by atoms with Gasteiger partial charge in [0, 0.05) is 18.0 Å². The Bertz CT molecular complexity index is 985. The number of nitrogens with one attached hydrogen (secondary N) is 1. The van der Waals surface area contributed by atoms with Crippen molar-refractivity contribution in [3.05, 3.63) is 61.6 Å². The Morgan fingerprint density at radius 3 is 2.74 bits per heavy atom. The highest BCUT2D eigenvalue weighted by atomic mass is 32.1. The van der Waals surface area contributed by atoms with Crippen LogP contribution in [0.15, 0.2) is 39.9 Å². The SMILES string of the molecule is CCN1CCc2sc3[nH]c(=O)n(-c4ccccc4)c(=O)c3c2C1. The third-order valence-corrected chi connectivity index (χ3v) is 5.64. The molecule has 2 aromatic heterocycles. The molecule has 1 aromatic carbocycles. The zero-order chi connectivity index (χ0) is 16.0. The number of hydrogen-bond acceptors (Lipinski definition) is 4. The Balaban J connectivity index is 2.01. The largest absolute Gasteiger partial charge is 0.334 e. The minimum Gasteiger partial charge on any atom is -0.299 e. The minimum atomic E-state index is -0.375. The first-order valence-corrected chi connectivity index (χ1v) is 8.58. The average Bonchev–Trinajstić information content (AvgIpc) is 2.93. The first-order valence-electron chi connectivity index (χ1n) is 7.76. The van der Waals surface area contributed by atoms with Gasteiger partial charge in [0.2, 0.25) is 0 Å². The topological polar surface area (TPSA) is 58.1 Å². The second kappa shape index (κ2) is 5.47. The molecule has 3 aromatic rings. The summed E-state index contributed by atoms with van der Waals surface area (Å²) in [5, 5.41) is 0.673. The van der Waals surface area contributed by atoms with E-state index in [1.54, 1.807) is 23.5 Å². The molecule has 0 saturated carbocycles. The Morgan fingerprint density at radius 2 is 2.00 bits per heavy atom. The van der Waals surface area contributed by atoms with Crippen molar-refractivity contribution < 1.29 is 0 Å². The molecule has 1 N–H and O–H groups in total. The number of para-hydroxylation sites is 1. The van der Waals surface area contributed by atoms with Crippen molar-refractivity contribution in [2.45, 2.75) is 19.9 Å². The van der Waals surface area contributed by atoms with Gasteiger partial charge < -0.3 is 0 Å². The van der Waals surface area contributed by atoms with Crippen LogP contribution in [-0.2, 0) is 13.0 Å². The molecule has 1 aliphatic heterocycles. The van der Waals surface area contributed by atoms with E-state index < -0.39 is 0 Å². The minimum absolute atomic E-state index is 0.217. The highest BCUT2D eigenvalue weighted by Crippen LogP contribution is 2.31. The maximum absolute atomic E-state index is 13.0. The number of benzene rings is 1. The van der Waals surface area contributed by atoms with Gasteiger partial charge in [-0.05, 0) is 30.7 Å². The number of hydrogen-bond donors (Lipinski definition) is 1. The molecular formula is C17H17N3O2S. The maximum atomic E-state index is 13.0. The summed E-state index contributed by atoms with van der Waals surface area (Å²) in [7, 11) is 0. The van der Waals surface area contributed by atoms with Gasteiger partial charge in [0.05, 0.1) is 11.1 Å². The molecule has 4 rings (SSSR count). The Labute approximate surface area is 136 Å². The van der Waals surface area contributed by atoms with Gasteiger partial charge in [0.1, 0.15) is 4.83 Å². The molecule has 0 atom stereocenters. The molecule has 5 nitrogen and oxygen atoms in total. The van der Waals surface area contributed by atoms with Crippen LogP contribution in [0.3, 0.4) is 0 Å². The summed E-state index contributed by atoms with van der Waals surface area (Å²) in [5.74, 6) is 0. The molecule has 0 aliphatic carbocycles. The zero-order valence-corrected chi connectivity index (χ0v) is 13.7. The van der Waals surface area contributed by atoms with Crippen LogP contribution in [0.2, 0.25) is 0 Å². The van der Waals surface area contributed by atoms with Crippen LogP contribution >= 0.6 is 11.3 Å². The molecule has 0 radical (unpaired) electrons. The van der Waals surface area contributed by atoms with Crippen molar-refractivity contribution in [2.24, 2.45) is 0 Å². The van der Waals surface area contributed by atoms with E-state index in [1.807, 2.05) is 18.2 Å². The highest BCUT2D eigenvalue weighted by Gasteiger charge is 2.24. The standard InChI is InChI=1S/C17H17N3O2S/c1-2-19-9-8-13-12(10-19)14-15(23-13)18-17(22)20(16(14)21)11-6-4-3-5-7-11/h3-7H,2,8-10H2,1H3,(H,18,22). The van der Waals surface area contributed by atoms with Gasteiger partial charge in [-0.25, -0.2) is 9.36 Å². The normalized spacial score (nSPS) is 15.0. The van der Waals surface area contributed by atoms with Crippen LogP contribution in [0.1, 0.15) is 17.4 Å². The van der Waals surface area contributed by atoms with Gasteiger partial charge in [0.15, 0.2) is 0 Å². The molecule has 1 aliphatic rings. The fourth-order valence-corrected chi connectivity index (χ4v) is 4.38. The lowest BCUT2D eigenvalue weighted by molar-refractivity contribution is 0.271. The molecule has 0 saturated heterocycles. The van der Waals surface area contributed by atoms with E-state index in [4.69, 9.17) is 0 Å². The number of nitrogens with zero attached hydrogens (tertiary/aromatic N) is 2. The van der Waals surface area contributed by atoms with E-state index in [9.17, 15) is 9.59 Å². The van der Waals surface area contributed by atoms with Gasteiger partial charge in [-0.15, -0.1) is 11.3 Å². The third-order valence-electron chi connectivity index (χ3n) is 4.43. The highest BCUT2D eigenvalue weighted by molar-refractivity contribution is 7.18. The van der Waals surface area contributed by atoms with E-state index in [1.165, 1.54) is 9.44 Å². The second-order valence-electron chi connectivity index (χ2n) is 5.73. The Kier molecular flexibility index (Phi) is 3.43. The smallest absolute Gasteiger partial charge is 0.299 e. The average molecular weight is 327 g/mol. The van der Waals surface area contributed by atoms with Crippen molar-refractivity contribution in [3.8, 4) is 5.69 Å². The van der Waals surface area contributed by atoms with Crippen molar-refractivity contribution in [3.63, 3.8) is 0 Å². The van der Waals surface area contributed by atoms with Crippen LogP contribution in [0.4, 0.5) is 0 Å². The van der Waals surface area contributed by atoms with E-state index in [-0.39, 0.29) is 11.2 Å². The van der Waals surface area contributed by atoms with E-state index >= 15 is 0 Å². The summed E-state index contributed by atoms with van der Waals surface area (Å²) in [6.07, 6.45) is 0.940. The lowest BCUT2D eigenvalue weighted by Crippen LogP contribution is -2.34. The summed E-state index contributed by atoms with van der Waals surface area (Å²) < 4.78 is 1.24. The molecule has 0 amide bonds. The van der Waals surface area contributed by atoms with Crippen LogP contribution in [0.5, 0.6) is 0 Å². The van der Waals surface area contributed by atoms with Gasteiger partial charge in [0.25, 0.3) is 5.56 Å². The molecule has 0 unspecified atom stereocenters. The third kappa shape index (κ3) is 2.26. The summed E-state index contributed by atoms with van der Waals surface area (Å²) in [6.45, 7) is 4.88. The first-order chi connectivity index (χ1) is 11.2. The van der Waals surface area contributed by atoms with E-state index in [2.05, 4.69) is 16.8 Å². The Hall–Kier alpha value is -2.18. The molecule has 3 heterocycles. The Morgan fingerprint density at radius 1 is 1.22 bits per heavy atom. The maximum Gasteiger partial charge on any atom is 0.334 e. The fourth-order valence-electron chi connectivity index (χ4n) is 3.20. The van der Waals surface area contributed by atoms with E-state index in [0.717, 1.165) is 31.6 Å². The first kappa shape index (κ1) is 14.4.